The molecule has 0 aliphatic rings. The van der Waals surface area contributed by atoms with E-state index in [-0.39, 0.29) is 5.91 Å². The van der Waals surface area contributed by atoms with Crippen molar-refractivity contribution in [3.8, 4) is 0 Å². The first-order valence-corrected chi connectivity index (χ1v) is 8.89. The van der Waals surface area contributed by atoms with Crippen LogP contribution in [-0.4, -0.2) is 88.7 Å². The minimum absolute atomic E-state index is 0.367. The van der Waals surface area contributed by atoms with E-state index < -0.39 is 0 Å². The number of oxime groups is 1. The van der Waals surface area contributed by atoms with Gasteiger partial charge in [-0.15, -0.1) is 0 Å². The summed E-state index contributed by atoms with van der Waals surface area (Å²) >= 11 is 0. The molecule has 0 saturated carbocycles. The summed E-state index contributed by atoms with van der Waals surface area (Å²) in [7, 11) is 4.20. The van der Waals surface area contributed by atoms with Crippen molar-refractivity contribution in [2.24, 2.45) is 5.16 Å². The molecule has 0 aliphatic carbocycles. The van der Waals surface area contributed by atoms with Gasteiger partial charge in [0.25, 0.3) is 5.91 Å². The normalized spacial score (nSPS) is 11.5. The Morgan fingerprint density at radius 2 is 1.33 bits per heavy atom. The van der Waals surface area contributed by atoms with E-state index in [9.17, 15) is 4.79 Å². The second kappa shape index (κ2) is 18.1. The third kappa shape index (κ3) is 18.8. The third-order valence-electron chi connectivity index (χ3n) is 3.38. The van der Waals surface area contributed by atoms with Crippen molar-refractivity contribution in [1.29, 1.82) is 0 Å². The fraction of sp³-hybridized carbons (Fsp3) is 0.875. The van der Waals surface area contributed by atoms with E-state index in [4.69, 9.17) is 5.21 Å². The number of rotatable bonds is 17. The van der Waals surface area contributed by atoms with Gasteiger partial charge in [-0.1, -0.05) is 5.16 Å². The highest BCUT2D eigenvalue weighted by Crippen LogP contribution is 1.82. The number of hydrogen-bond donors (Lipinski definition) is 5. The average molecular weight is 345 g/mol. The first kappa shape index (κ1) is 22.8. The Morgan fingerprint density at radius 3 is 1.79 bits per heavy atom. The highest BCUT2D eigenvalue weighted by molar-refractivity contribution is 6.25. The zero-order chi connectivity index (χ0) is 17.9. The van der Waals surface area contributed by atoms with Crippen LogP contribution >= 0.6 is 0 Å². The number of carbonyl (C=O) groups excluding carboxylic acids is 1. The van der Waals surface area contributed by atoms with Crippen molar-refractivity contribution in [2.45, 2.75) is 25.7 Å². The van der Waals surface area contributed by atoms with Crippen molar-refractivity contribution in [3.05, 3.63) is 0 Å². The number of nitrogens with zero attached hydrogens (tertiary/aromatic N) is 2. The molecule has 0 aromatic carbocycles. The molecule has 0 spiro atoms. The van der Waals surface area contributed by atoms with Gasteiger partial charge in [0, 0.05) is 6.54 Å². The molecule has 5 N–H and O–H groups in total. The lowest BCUT2D eigenvalue weighted by molar-refractivity contribution is -0.114. The Bertz CT molecular complexity index is 313. The van der Waals surface area contributed by atoms with Gasteiger partial charge in [-0.2, -0.15) is 0 Å². The van der Waals surface area contributed by atoms with Crippen LogP contribution in [-0.2, 0) is 4.79 Å². The lowest BCUT2D eigenvalue weighted by Crippen LogP contribution is -2.29. The molecule has 1 amide bonds. The second-order valence-corrected chi connectivity index (χ2v) is 6.00. The topological polar surface area (TPSA) is 101 Å². The molecule has 0 heterocycles. The van der Waals surface area contributed by atoms with Crippen LogP contribution in [0.3, 0.4) is 0 Å². The minimum Gasteiger partial charge on any atom is -0.411 e. The van der Waals surface area contributed by atoms with Gasteiger partial charge in [0.05, 0.1) is 0 Å². The summed E-state index contributed by atoms with van der Waals surface area (Å²) < 4.78 is 0. The third-order valence-corrected chi connectivity index (χ3v) is 3.38. The Labute approximate surface area is 146 Å². The Balaban J connectivity index is 3.06. The average Bonchev–Trinajstić information content (AvgIpc) is 2.54. The Morgan fingerprint density at radius 1 is 0.875 bits per heavy atom. The van der Waals surface area contributed by atoms with Crippen molar-refractivity contribution < 1.29 is 10.0 Å². The quantitative estimate of drug-likeness (QED) is 0.105. The van der Waals surface area contributed by atoms with Crippen molar-refractivity contribution in [2.75, 3.05) is 66.5 Å². The number of amides is 1. The van der Waals surface area contributed by atoms with Crippen LogP contribution in [0.15, 0.2) is 5.16 Å². The smallest absolute Gasteiger partial charge is 0.265 e. The van der Waals surface area contributed by atoms with Crippen LogP contribution < -0.4 is 21.3 Å². The lowest BCUT2D eigenvalue weighted by Gasteiger charge is -2.10. The summed E-state index contributed by atoms with van der Waals surface area (Å²) in [5.74, 6) is -0.367. The van der Waals surface area contributed by atoms with Gasteiger partial charge in [0.1, 0.15) is 6.21 Å². The molecule has 0 unspecified atom stereocenters. The van der Waals surface area contributed by atoms with Crippen LogP contribution in [0.5, 0.6) is 0 Å². The summed E-state index contributed by atoms with van der Waals surface area (Å²) in [6.07, 6.45) is 5.17. The summed E-state index contributed by atoms with van der Waals surface area (Å²) in [4.78, 5) is 13.2. The molecular weight excluding hydrogens is 308 g/mol. The molecule has 0 rings (SSSR count). The van der Waals surface area contributed by atoms with Gasteiger partial charge in [-0.25, -0.2) is 0 Å². The van der Waals surface area contributed by atoms with E-state index in [1.807, 2.05) is 0 Å². The maximum Gasteiger partial charge on any atom is 0.265 e. The van der Waals surface area contributed by atoms with Crippen LogP contribution in [0.2, 0.25) is 0 Å². The number of nitrogens with one attached hydrogen (secondary N) is 4. The highest BCUT2D eigenvalue weighted by Gasteiger charge is 1.95. The molecular formula is C16H36N6O2. The molecule has 0 fully saturated rings. The zero-order valence-corrected chi connectivity index (χ0v) is 15.3. The Kier molecular flexibility index (Phi) is 17.2. The van der Waals surface area contributed by atoms with Crippen molar-refractivity contribution in [3.63, 3.8) is 0 Å². The van der Waals surface area contributed by atoms with Crippen molar-refractivity contribution >= 4 is 12.1 Å². The van der Waals surface area contributed by atoms with Crippen molar-refractivity contribution in [1.82, 2.24) is 26.2 Å². The number of carbonyl (C=O) groups is 1. The largest absolute Gasteiger partial charge is 0.411 e. The van der Waals surface area contributed by atoms with Crippen LogP contribution in [0.1, 0.15) is 25.7 Å². The molecule has 8 heteroatoms. The fourth-order valence-electron chi connectivity index (χ4n) is 2.10. The van der Waals surface area contributed by atoms with E-state index >= 15 is 0 Å². The van der Waals surface area contributed by atoms with Crippen LogP contribution in [0.4, 0.5) is 0 Å². The van der Waals surface area contributed by atoms with E-state index in [0.29, 0.717) is 6.54 Å². The molecule has 0 radical (unpaired) electrons. The van der Waals surface area contributed by atoms with Gasteiger partial charge < -0.3 is 31.4 Å². The molecule has 0 aromatic heterocycles. The van der Waals surface area contributed by atoms with E-state index in [2.05, 4.69) is 45.4 Å². The molecule has 0 aromatic rings. The minimum atomic E-state index is -0.367. The summed E-state index contributed by atoms with van der Waals surface area (Å²) in [6, 6.07) is 0. The highest BCUT2D eigenvalue weighted by atomic mass is 16.4. The Hall–Kier alpha value is -1.22. The molecule has 8 nitrogen and oxygen atoms in total. The first-order valence-electron chi connectivity index (χ1n) is 8.89. The molecule has 0 aliphatic heterocycles. The standard InChI is InChI=1S/C16H36N6O2/c1-22(2)14-6-12-19-10-4-8-17-7-3-9-18-11-5-13-20-16(23)15-21-24/h15,17-19,24H,3-14H2,1-2H3,(H,20,23)/b21-15-. The lowest BCUT2D eigenvalue weighted by atomic mass is 10.3. The zero-order valence-electron chi connectivity index (χ0n) is 15.3. The van der Waals surface area contributed by atoms with Gasteiger partial charge in [0.15, 0.2) is 0 Å². The predicted octanol–water partition coefficient (Wildman–Crippen LogP) is -0.547. The maximum absolute atomic E-state index is 10.9. The van der Waals surface area contributed by atoms with E-state index in [1.165, 1.54) is 6.42 Å². The van der Waals surface area contributed by atoms with E-state index in [1.54, 1.807) is 0 Å². The molecule has 24 heavy (non-hydrogen) atoms. The van der Waals surface area contributed by atoms with Crippen LogP contribution in [0, 0.1) is 0 Å². The predicted molar refractivity (Wildman–Crippen MR) is 98.9 cm³/mol. The van der Waals surface area contributed by atoms with Gasteiger partial charge >= 0.3 is 0 Å². The SMILES string of the molecule is CN(C)CCCNCCCNCCCNCCCNC(=O)/C=N\O. The molecule has 0 bridgehead atoms. The first-order chi connectivity index (χ1) is 11.7. The molecule has 0 atom stereocenters. The molecule has 0 saturated heterocycles. The second-order valence-electron chi connectivity index (χ2n) is 6.00. The van der Waals surface area contributed by atoms with Gasteiger partial charge in [0.2, 0.25) is 0 Å². The number of hydrogen-bond acceptors (Lipinski definition) is 7. The summed E-state index contributed by atoms with van der Waals surface area (Å²) in [5.41, 5.74) is 0. The summed E-state index contributed by atoms with van der Waals surface area (Å²) in [5, 5.41) is 23.7. The van der Waals surface area contributed by atoms with E-state index in [0.717, 1.165) is 71.3 Å². The van der Waals surface area contributed by atoms with Crippen LogP contribution in [0.25, 0.3) is 0 Å². The van der Waals surface area contributed by atoms with Gasteiger partial charge in [-0.05, 0) is 85.6 Å². The summed E-state index contributed by atoms with van der Waals surface area (Å²) in [6.45, 7) is 7.81. The van der Waals surface area contributed by atoms with Gasteiger partial charge in [-0.3, -0.25) is 4.79 Å². The monoisotopic (exact) mass is 344 g/mol. The molecule has 142 valence electrons. The maximum atomic E-state index is 10.9. The fourth-order valence-corrected chi connectivity index (χ4v) is 2.10.